The minimum atomic E-state index is -0.00880. The number of pyridine rings is 1. The van der Waals surface area contributed by atoms with Gasteiger partial charge in [0.15, 0.2) is 0 Å². The lowest BCUT2D eigenvalue weighted by atomic mass is 10.0. The second-order valence-electron chi connectivity index (χ2n) is 5.10. The molecule has 4 nitrogen and oxygen atoms in total. The number of carbonyl (C=O) groups excluding carboxylic acids is 1. The maximum atomic E-state index is 12.4. The molecule has 1 aliphatic heterocycles. The second-order valence-corrected chi connectivity index (χ2v) is 5.54. The minimum absolute atomic E-state index is 0.00880. The number of halogens is 1. The normalized spacial score (nSPS) is 16.7. The van der Waals surface area contributed by atoms with Crippen LogP contribution in [-0.2, 0) is 0 Å². The van der Waals surface area contributed by atoms with Crippen molar-refractivity contribution < 1.29 is 4.79 Å². The minimum Gasteiger partial charge on any atom is -0.337 e. The number of carbonyl (C=O) groups is 1. The van der Waals surface area contributed by atoms with Crippen LogP contribution in [0.2, 0.25) is 5.02 Å². The molecule has 20 heavy (non-hydrogen) atoms. The molecule has 1 aliphatic rings. The van der Waals surface area contributed by atoms with Crippen LogP contribution in [0.4, 0.5) is 0 Å². The van der Waals surface area contributed by atoms with E-state index < -0.39 is 0 Å². The molecule has 2 rings (SSSR count). The third-order valence-electron chi connectivity index (χ3n) is 4.02. The van der Waals surface area contributed by atoms with Gasteiger partial charge in [-0.05, 0) is 38.1 Å². The zero-order valence-corrected chi connectivity index (χ0v) is 12.9. The summed E-state index contributed by atoms with van der Waals surface area (Å²) >= 11 is 5.91. The lowest BCUT2D eigenvalue weighted by molar-refractivity contribution is 0.0626. The van der Waals surface area contributed by atoms with Crippen molar-refractivity contribution in [2.75, 3.05) is 26.2 Å². The monoisotopic (exact) mass is 295 g/mol. The van der Waals surface area contributed by atoms with E-state index in [9.17, 15) is 4.79 Å². The van der Waals surface area contributed by atoms with Gasteiger partial charge in [-0.1, -0.05) is 25.4 Å². The predicted octanol–water partition coefficient (Wildman–Crippen LogP) is 2.68. The molecule has 0 atom stereocenters. The van der Waals surface area contributed by atoms with Crippen molar-refractivity contribution >= 4 is 17.5 Å². The average molecular weight is 296 g/mol. The summed E-state index contributed by atoms with van der Waals surface area (Å²) in [6.07, 6.45) is 3.65. The highest BCUT2D eigenvalue weighted by Crippen LogP contribution is 2.18. The van der Waals surface area contributed by atoms with Crippen LogP contribution in [0.15, 0.2) is 18.3 Å². The zero-order valence-electron chi connectivity index (χ0n) is 12.2. The van der Waals surface area contributed by atoms with Gasteiger partial charge >= 0.3 is 0 Å². The first-order valence-corrected chi connectivity index (χ1v) is 7.68. The second kappa shape index (κ2) is 7.04. The van der Waals surface area contributed by atoms with Crippen LogP contribution in [0.25, 0.3) is 0 Å². The number of hydrogen-bond acceptors (Lipinski definition) is 3. The van der Waals surface area contributed by atoms with Gasteiger partial charge in [-0.2, -0.15) is 0 Å². The molecule has 1 amide bonds. The van der Waals surface area contributed by atoms with Gasteiger partial charge in [-0.15, -0.1) is 0 Å². The highest BCUT2D eigenvalue weighted by molar-refractivity contribution is 6.30. The summed E-state index contributed by atoms with van der Waals surface area (Å²) in [5, 5.41) is 0.557. The van der Waals surface area contributed by atoms with E-state index in [2.05, 4.69) is 23.7 Å². The van der Waals surface area contributed by atoms with E-state index in [1.807, 2.05) is 4.90 Å². The maximum Gasteiger partial charge on any atom is 0.272 e. The molecule has 5 heteroatoms. The van der Waals surface area contributed by atoms with E-state index in [1.165, 1.54) is 0 Å². The molecule has 1 fully saturated rings. The highest BCUT2D eigenvalue weighted by atomic mass is 35.5. The Morgan fingerprint density at radius 3 is 2.60 bits per heavy atom. The molecular formula is C15H22ClN3O. The van der Waals surface area contributed by atoms with E-state index in [0.717, 1.165) is 39.0 Å². The SMILES string of the molecule is CCN(CC)C1CCN(C(=O)c2cc(Cl)ccn2)CC1. The van der Waals surface area contributed by atoms with E-state index in [0.29, 0.717) is 16.8 Å². The number of nitrogens with zero attached hydrogens (tertiary/aromatic N) is 3. The van der Waals surface area contributed by atoms with Crippen molar-refractivity contribution in [2.45, 2.75) is 32.7 Å². The molecule has 110 valence electrons. The van der Waals surface area contributed by atoms with Crippen molar-refractivity contribution in [3.05, 3.63) is 29.0 Å². The standard InChI is InChI=1S/C15H22ClN3O/c1-3-18(4-2)13-6-9-19(10-7-13)15(20)14-11-12(16)5-8-17-14/h5,8,11,13H,3-4,6-7,9-10H2,1-2H3. The molecule has 0 unspecified atom stereocenters. The van der Waals surface area contributed by atoms with Crippen molar-refractivity contribution in [1.82, 2.24) is 14.8 Å². The summed E-state index contributed by atoms with van der Waals surface area (Å²) < 4.78 is 0. The summed E-state index contributed by atoms with van der Waals surface area (Å²) in [4.78, 5) is 20.8. The quantitative estimate of drug-likeness (QED) is 0.857. The summed E-state index contributed by atoms with van der Waals surface area (Å²) in [7, 11) is 0. The Labute approximate surface area is 125 Å². The largest absolute Gasteiger partial charge is 0.337 e. The van der Waals surface area contributed by atoms with Gasteiger partial charge in [0, 0.05) is 30.4 Å². The molecule has 1 saturated heterocycles. The van der Waals surface area contributed by atoms with Crippen LogP contribution in [0, 0.1) is 0 Å². The lowest BCUT2D eigenvalue weighted by Gasteiger charge is -2.37. The average Bonchev–Trinajstić information content (AvgIpc) is 2.48. The van der Waals surface area contributed by atoms with Crippen LogP contribution < -0.4 is 0 Å². The fraction of sp³-hybridized carbons (Fsp3) is 0.600. The van der Waals surface area contributed by atoms with Gasteiger partial charge in [-0.25, -0.2) is 0 Å². The van der Waals surface area contributed by atoms with E-state index in [1.54, 1.807) is 18.3 Å². The molecule has 0 spiro atoms. The first-order valence-electron chi connectivity index (χ1n) is 7.30. The highest BCUT2D eigenvalue weighted by Gasteiger charge is 2.26. The number of aromatic nitrogens is 1. The Morgan fingerprint density at radius 2 is 2.05 bits per heavy atom. The Bertz CT molecular complexity index is 454. The van der Waals surface area contributed by atoms with E-state index in [-0.39, 0.29) is 5.91 Å². The third-order valence-corrected chi connectivity index (χ3v) is 4.26. The summed E-state index contributed by atoms with van der Waals surface area (Å²) in [5.74, 6) is -0.00880. The van der Waals surface area contributed by atoms with E-state index >= 15 is 0 Å². The van der Waals surface area contributed by atoms with Gasteiger partial charge in [0.1, 0.15) is 5.69 Å². The fourth-order valence-corrected chi connectivity index (χ4v) is 3.02. The van der Waals surface area contributed by atoms with Gasteiger partial charge < -0.3 is 9.80 Å². The first kappa shape index (κ1) is 15.3. The summed E-state index contributed by atoms with van der Waals surface area (Å²) in [5.41, 5.74) is 0.443. The van der Waals surface area contributed by atoms with E-state index in [4.69, 9.17) is 11.6 Å². The Hall–Kier alpha value is -1.13. The van der Waals surface area contributed by atoms with Crippen molar-refractivity contribution in [3.8, 4) is 0 Å². The molecule has 0 N–H and O–H groups in total. The van der Waals surface area contributed by atoms with Crippen LogP contribution in [0.5, 0.6) is 0 Å². The van der Waals surface area contributed by atoms with Gasteiger partial charge in [0.25, 0.3) is 5.91 Å². The third kappa shape index (κ3) is 3.49. The van der Waals surface area contributed by atoms with Crippen molar-refractivity contribution in [2.24, 2.45) is 0 Å². The Balaban J connectivity index is 1.95. The number of likely N-dealkylation sites (tertiary alicyclic amines) is 1. The van der Waals surface area contributed by atoms with Crippen molar-refractivity contribution in [1.29, 1.82) is 0 Å². The number of piperidine rings is 1. The molecule has 1 aromatic heterocycles. The van der Waals surface area contributed by atoms with Gasteiger partial charge in [-0.3, -0.25) is 9.78 Å². The topological polar surface area (TPSA) is 36.4 Å². The molecular weight excluding hydrogens is 274 g/mol. The Morgan fingerprint density at radius 1 is 1.40 bits per heavy atom. The number of hydrogen-bond donors (Lipinski definition) is 0. The fourth-order valence-electron chi connectivity index (χ4n) is 2.86. The molecule has 0 saturated carbocycles. The van der Waals surface area contributed by atoms with Crippen LogP contribution in [0.3, 0.4) is 0 Å². The van der Waals surface area contributed by atoms with Crippen LogP contribution >= 0.6 is 11.6 Å². The van der Waals surface area contributed by atoms with Crippen molar-refractivity contribution in [3.63, 3.8) is 0 Å². The molecule has 1 aromatic rings. The molecule has 0 aliphatic carbocycles. The Kier molecular flexibility index (Phi) is 5.38. The number of amides is 1. The molecule has 0 aromatic carbocycles. The number of rotatable bonds is 4. The maximum absolute atomic E-state index is 12.4. The molecule has 0 bridgehead atoms. The van der Waals surface area contributed by atoms with Crippen LogP contribution in [0.1, 0.15) is 37.2 Å². The predicted molar refractivity (Wildman–Crippen MR) is 81.1 cm³/mol. The molecule has 2 heterocycles. The van der Waals surface area contributed by atoms with Crippen LogP contribution in [-0.4, -0.2) is 52.9 Å². The first-order chi connectivity index (χ1) is 9.65. The van der Waals surface area contributed by atoms with Gasteiger partial charge in [0.05, 0.1) is 0 Å². The van der Waals surface area contributed by atoms with Gasteiger partial charge in [0.2, 0.25) is 0 Å². The smallest absolute Gasteiger partial charge is 0.272 e. The zero-order chi connectivity index (χ0) is 14.5. The summed E-state index contributed by atoms with van der Waals surface area (Å²) in [6, 6.07) is 3.92. The lowest BCUT2D eigenvalue weighted by Crippen LogP contribution is -2.46. The molecule has 0 radical (unpaired) electrons. The summed E-state index contributed by atoms with van der Waals surface area (Å²) in [6.45, 7) is 8.13.